The molecule has 0 aliphatic heterocycles. The average molecular weight is 272 g/mol. The standard InChI is InChI=1S/C17H20O3/c1-5-12-13(6-2)17(20-11(3)18)15-10-8-7-9-14(15)16(12)19-4/h7-10H,5-6H2,1-4H3. The highest BCUT2D eigenvalue weighted by Crippen LogP contribution is 2.41. The van der Waals surface area contributed by atoms with E-state index in [-0.39, 0.29) is 5.97 Å². The summed E-state index contributed by atoms with van der Waals surface area (Å²) >= 11 is 0. The van der Waals surface area contributed by atoms with Gasteiger partial charge in [0.2, 0.25) is 0 Å². The van der Waals surface area contributed by atoms with Crippen molar-refractivity contribution in [3.63, 3.8) is 0 Å². The van der Waals surface area contributed by atoms with Gasteiger partial charge in [-0.25, -0.2) is 0 Å². The molecule has 0 aliphatic carbocycles. The first-order valence-corrected chi connectivity index (χ1v) is 6.92. The molecule has 2 rings (SSSR count). The van der Waals surface area contributed by atoms with Crippen molar-refractivity contribution in [2.75, 3.05) is 7.11 Å². The van der Waals surface area contributed by atoms with Crippen molar-refractivity contribution in [3.8, 4) is 11.5 Å². The number of carbonyl (C=O) groups excluding carboxylic acids is 1. The van der Waals surface area contributed by atoms with E-state index in [1.54, 1.807) is 7.11 Å². The van der Waals surface area contributed by atoms with Gasteiger partial charge in [-0.3, -0.25) is 4.79 Å². The molecule has 0 N–H and O–H groups in total. The molecular formula is C17H20O3. The van der Waals surface area contributed by atoms with E-state index in [9.17, 15) is 4.79 Å². The molecule has 0 aromatic heterocycles. The van der Waals surface area contributed by atoms with E-state index in [1.165, 1.54) is 6.92 Å². The van der Waals surface area contributed by atoms with Crippen LogP contribution in [-0.2, 0) is 17.6 Å². The Hall–Kier alpha value is -2.03. The lowest BCUT2D eigenvalue weighted by molar-refractivity contribution is -0.131. The van der Waals surface area contributed by atoms with Crippen LogP contribution in [-0.4, -0.2) is 13.1 Å². The molecule has 0 aliphatic rings. The monoisotopic (exact) mass is 272 g/mol. The number of carbonyl (C=O) groups is 1. The van der Waals surface area contributed by atoms with Gasteiger partial charge in [0.1, 0.15) is 11.5 Å². The predicted molar refractivity (Wildman–Crippen MR) is 80.6 cm³/mol. The largest absolute Gasteiger partial charge is 0.496 e. The summed E-state index contributed by atoms with van der Waals surface area (Å²) in [5, 5.41) is 1.91. The van der Waals surface area contributed by atoms with E-state index in [2.05, 4.69) is 13.8 Å². The number of ether oxygens (including phenoxy) is 2. The third-order valence-corrected chi connectivity index (χ3v) is 3.49. The van der Waals surface area contributed by atoms with Crippen LogP contribution in [0.4, 0.5) is 0 Å². The molecule has 0 spiro atoms. The van der Waals surface area contributed by atoms with Crippen molar-refractivity contribution >= 4 is 16.7 Å². The maximum atomic E-state index is 11.4. The first kappa shape index (κ1) is 14.4. The molecule has 0 atom stereocenters. The summed E-state index contributed by atoms with van der Waals surface area (Å²) in [6.45, 7) is 5.59. The SMILES string of the molecule is CCc1c(CC)c(OC(C)=O)c2ccccc2c1OC. The molecule has 0 bridgehead atoms. The van der Waals surface area contributed by atoms with Crippen LogP contribution in [0.5, 0.6) is 11.5 Å². The van der Waals surface area contributed by atoms with Crippen LogP contribution in [0.25, 0.3) is 10.8 Å². The molecule has 2 aromatic rings. The first-order chi connectivity index (χ1) is 9.63. The Kier molecular flexibility index (Phi) is 4.28. The molecule has 106 valence electrons. The smallest absolute Gasteiger partial charge is 0.308 e. The van der Waals surface area contributed by atoms with Gasteiger partial charge in [0, 0.05) is 28.8 Å². The Bertz CT molecular complexity index is 644. The zero-order chi connectivity index (χ0) is 14.7. The molecule has 0 radical (unpaired) electrons. The van der Waals surface area contributed by atoms with Crippen molar-refractivity contribution in [1.29, 1.82) is 0 Å². The van der Waals surface area contributed by atoms with Gasteiger partial charge in [-0.05, 0) is 12.8 Å². The lowest BCUT2D eigenvalue weighted by atomic mass is 9.94. The van der Waals surface area contributed by atoms with Gasteiger partial charge in [0.15, 0.2) is 0 Å². The lowest BCUT2D eigenvalue weighted by Crippen LogP contribution is -2.08. The van der Waals surface area contributed by atoms with E-state index in [0.29, 0.717) is 5.75 Å². The minimum atomic E-state index is -0.294. The van der Waals surface area contributed by atoms with Gasteiger partial charge in [0.25, 0.3) is 0 Å². The zero-order valence-electron chi connectivity index (χ0n) is 12.4. The Morgan fingerprint density at radius 2 is 1.50 bits per heavy atom. The molecule has 20 heavy (non-hydrogen) atoms. The van der Waals surface area contributed by atoms with Crippen LogP contribution in [0.3, 0.4) is 0 Å². The Balaban J connectivity index is 2.90. The molecule has 0 unspecified atom stereocenters. The van der Waals surface area contributed by atoms with E-state index in [0.717, 1.165) is 40.5 Å². The van der Waals surface area contributed by atoms with Gasteiger partial charge < -0.3 is 9.47 Å². The maximum Gasteiger partial charge on any atom is 0.308 e. The Morgan fingerprint density at radius 3 is 1.95 bits per heavy atom. The highest BCUT2D eigenvalue weighted by atomic mass is 16.5. The minimum Gasteiger partial charge on any atom is -0.496 e. The average Bonchev–Trinajstić information content (AvgIpc) is 2.46. The fourth-order valence-electron chi connectivity index (χ4n) is 2.72. The number of hydrogen-bond acceptors (Lipinski definition) is 3. The van der Waals surface area contributed by atoms with Gasteiger partial charge >= 0.3 is 5.97 Å². The molecule has 3 heteroatoms. The minimum absolute atomic E-state index is 0.294. The van der Waals surface area contributed by atoms with Crippen LogP contribution in [0, 0.1) is 0 Å². The van der Waals surface area contributed by atoms with E-state index >= 15 is 0 Å². The van der Waals surface area contributed by atoms with Crippen LogP contribution in [0.2, 0.25) is 0 Å². The van der Waals surface area contributed by atoms with Gasteiger partial charge in [-0.2, -0.15) is 0 Å². The van der Waals surface area contributed by atoms with Crippen molar-refractivity contribution in [1.82, 2.24) is 0 Å². The number of fused-ring (bicyclic) bond motifs is 1. The predicted octanol–water partition coefficient (Wildman–Crippen LogP) is 3.90. The molecule has 2 aromatic carbocycles. The van der Waals surface area contributed by atoms with Crippen molar-refractivity contribution in [2.45, 2.75) is 33.6 Å². The molecule has 0 fully saturated rings. The second-order valence-electron chi connectivity index (χ2n) is 4.67. The van der Waals surface area contributed by atoms with Gasteiger partial charge in [0.05, 0.1) is 7.11 Å². The maximum absolute atomic E-state index is 11.4. The number of rotatable bonds is 4. The second kappa shape index (κ2) is 5.95. The van der Waals surface area contributed by atoms with Crippen LogP contribution in [0.15, 0.2) is 24.3 Å². The molecule has 0 saturated carbocycles. The molecular weight excluding hydrogens is 252 g/mol. The lowest BCUT2D eigenvalue weighted by Gasteiger charge is -2.19. The number of esters is 1. The number of benzene rings is 2. The quantitative estimate of drug-likeness (QED) is 0.625. The van der Waals surface area contributed by atoms with E-state index in [4.69, 9.17) is 9.47 Å². The van der Waals surface area contributed by atoms with Gasteiger partial charge in [-0.15, -0.1) is 0 Å². The number of methoxy groups -OCH3 is 1. The van der Waals surface area contributed by atoms with Crippen LogP contribution < -0.4 is 9.47 Å². The van der Waals surface area contributed by atoms with Crippen molar-refractivity contribution in [2.24, 2.45) is 0 Å². The Labute approximate surface area is 119 Å². The summed E-state index contributed by atoms with van der Waals surface area (Å²) in [4.78, 5) is 11.4. The second-order valence-corrected chi connectivity index (χ2v) is 4.67. The summed E-state index contributed by atoms with van der Waals surface area (Å²) in [5.41, 5.74) is 2.17. The van der Waals surface area contributed by atoms with Crippen LogP contribution >= 0.6 is 0 Å². The third-order valence-electron chi connectivity index (χ3n) is 3.49. The highest BCUT2D eigenvalue weighted by Gasteiger charge is 2.19. The first-order valence-electron chi connectivity index (χ1n) is 6.92. The number of hydrogen-bond donors (Lipinski definition) is 0. The Morgan fingerprint density at radius 1 is 1.00 bits per heavy atom. The summed E-state index contributed by atoms with van der Waals surface area (Å²) < 4.78 is 11.1. The van der Waals surface area contributed by atoms with E-state index < -0.39 is 0 Å². The summed E-state index contributed by atoms with van der Waals surface area (Å²) in [6.07, 6.45) is 1.64. The van der Waals surface area contributed by atoms with Crippen LogP contribution in [0.1, 0.15) is 31.9 Å². The van der Waals surface area contributed by atoms with Crippen molar-refractivity contribution < 1.29 is 14.3 Å². The molecule has 3 nitrogen and oxygen atoms in total. The van der Waals surface area contributed by atoms with Crippen molar-refractivity contribution in [3.05, 3.63) is 35.4 Å². The molecule has 0 heterocycles. The zero-order valence-corrected chi connectivity index (χ0v) is 12.4. The normalized spacial score (nSPS) is 10.6. The third kappa shape index (κ3) is 2.36. The van der Waals surface area contributed by atoms with Gasteiger partial charge in [-0.1, -0.05) is 38.1 Å². The summed E-state index contributed by atoms with van der Waals surface area (Å²) in [6, 6.07) is 7.88. The molecule has 0 amide bonds. The molecule has 0 saturated heterocycles. The summed E-state index contributed by atoms with van der Waals surface area (Å²) in [7, 11) is 1.69. The fourth-order valence-corrected chi connectivity index (χ4v) is 2.72. The fraction of sp³-hybridized carbons (Fsp3) is 0.353. The van der Waals surface area contributed by atoms with E-state index in [1.807, 2.05) is 24.3 Å². The summed E-state index contributed by atoms with van der Waals surface area (Å²) in [5.74, 6) is 1.26. The highest BCUT2D eigenvalue weighted by molar-refractivity contribution is 5.97. The topological polar surface area (TPSA) is 35.5 Å².